The summed E-state index contributed by atoms with van der Waals surface area (Å²) in [5.74, 6) is 0.812. The summed E-state index contributed by atoms with van der Waals surface area (Å²) < 4.78 is 6.01. The number of para-hydroxylation sites is 1. The van der Waals surface area contributed by atoms with Gasteiger partial charge in [-0.25, -0.2) is 0 Å². The molecule has 3 nitrogen and oxygen atoms in total. The van der Waals surface area contributed by atoms with Gasteiger partial charge in [0.25, 0.3) is 0 Å². The van der Waals surface area contributed by atoms with Crippen molar-refractivity contribution in [3.63, 3.8) is 0 Å². The van der Waals surface area contributed by atoms with Crippen molar-refractivity contribution in [2.45, 2.75) is 19.6 Å². The van der Waals surface area contributed by atoms with Crippen molar-refractivity contribution < 1.29 is 4.74 Å². The fourth-order valence-corrected chi connectivity index (χ4v) is 2.33. The molecule has 98 valence electrons. The lowest BCUT2D eigenvalue weighted by Gasteiger charge is -2.28. The number of ether oxygens (including phenoxy) is 1. The molecular weight excluding hydrogens is 238 g/mol. The molecule has 0 N–H and O–H groups in total. The largest absolute Gasteiger partial charge is 0.785 e. The fraction of sp³-hybridized carbons (Fsp3) is 0.250. The number of fused-ring (bicyclic) bond motifs is 1. The second-order valence-electron chi connectivity index (χ2n) is 4.95. The molecule has 1 aliphatic heterocycles. The van der Waals surface area contributed by atoms with E-state index < -0.39 is 0 Å². The average Bonchev–Trinajstić information content (AvgIpc) is 2.57. The van der Waals surface area contributed by atoms with E-state index in [1.54, 1.807) is 0 Å². The minimum atomic E-state index is -0.207. The number of hydrogen-bond donors (Lipinski definition) is 0. The quantitative estimate of drug-likeness (QED) is 0.782. The standard InChI is InChI=1S/C16H16NO2/c1-12-6-8-13(9-7-12)16-11-17(18)10-14-4-2-3-5-15(14)19-16/h2-9,16H,10-11H2,1H3/q-1. The van der Waals surface area contributed by atoms with Crippen LogP contribution in [0.15, 0.2) is 48.5 Å². The number of hydrogen-bond acceptors (Lipinski definition) is 3. The van der Waals surface area contributed by atoms with Crippen LogP contribution in [-0.4, -0.2) is 11.6 Å². The lowest BCUT2D eigenvalue weighted by molar-refractivity contribution is 0.175. The summed E-state index contributed by atoms with van der Waals surface area (Å²) in [6, 6.07) is 15.9. The Bertz CT molecular complexity index is 565. The van der Waals surface area contributed by atoms with Gasteiger partial charge in [-0.1, -0.05) is 48.0 Å². The first-order chi connectivity index (χ1) is 9.22. The number of rotatable bonds is 1. The first-order valence-electron chi connectivity index (χ1n) is 6.45. The Kier molecular flexibility index (Phi) is 3.23. The molecule has 1 heterocycles. The van der Waals surface area contributed by atoms with E-state index in [1.165, 1.54) is 5.56 Å². The predicted octanol–water partition coefficient (Wildman–Crippen LogP) is 3.43. The van der Waals surface area contributed by atoms with Gasteiger partial charge in [0.15, 0.2) is 0 Å². The van der Waals surface area contributed by atoms with Gasteiger partial charge < -0.3 is 15.0 Å². The third kappa shape index (κ3) is 2.62. The van der Waals surface area contributed by atoms with Crippen LogP contribution in [0.1, 0.15) is 22.8 Å². The van der Waals surface area contributed by atoms with Crippen molar-refractivity contribution in [3.05, 3.63) is 70.4 Å². The van der Waals surface area contributed by atoms with Gasteiger partial charge in [-0.3, -0.25) is 0 Å². The third-order valence-electron chi connectivity index (χ3n) is 3.41. The van der Waals surface area contributed by atoms with Crippen LogP contribution >= 0.6 is 0 Å². The molecule has 1 unspecified atom stereocenters. The van der Waals surface area contributed by atoms with E-state index in [0.717, 1.165) is 21.9 Å². The van der Waals surface area contributed by atoms with Gasteiger partial charge >= 0.3 is 0 Å². The molecule has 1 atom stereocenters. The Morgan fingerprint density at radius 2 is 1.84 bits per heavy atom. The van der Waals surface area contributed by atoms with Gasteiger partial charge in [0.1, 0.15) is 11.9 Å². The number of hydroxylamine groups is 2. The van der Waals surface area contributed by atoms with E-state index >= 15 is 0 Å². The minimum absolute atomic E-state index is 0.207. The zero-order valence-electron chi connectivity index (χ0n) is 10.9. The molecule has 0 saturated carbocycles. The van der Waals surface area contributed by atoms with Crippen LogP contribution in [0.25, 0.3) is 0 Å². The van der Waals surface area contributed by atoms with Gasteiger partial charge in [0, 0.05) is 18.7 Å². The zero-order chi connectivity index (χ0) is 13.2. The molecule has 3 heteroatoms. The van der Waals surface area contributed by atoms with E-state index in [1.807, 2.05) is 55.5 Å². The topological polar surface area (TPSA) is 35.5 Å². The summed E-state index contributed by atoms with van der Waals surface area (Å²) >= 11 is 0. The lowest BCUT2D eigenvalue weighted by Crippen LogP contribution is -2.22. The highest BCUT2D eigenvalue weighted by molar-refractivity contribution is 5.35. The zero-order valence-corrected chi connectivity index (χ0v) is 10.9. The van der Waals surface area contributed by atoms with Gasteiger partial charge in [-0.2, -0.15) is 0 Å². The van der Waals surface area contributed by atoms with E-state index in [4.69, 9.17) is 4.74 Å². The Morgan fingerprint density at radius 3 is 2.63 bits per heavy atom. The Morgan fingerprint density at radius 1 is 1.11 bits per heavy atom. The maximum atomic E-state index is 11.9. The highest BCUT2D eigenvalue weighted by Crippen LogP contribution is 2.30. The predicted molar refractivity (Wildman–Crippen MR) is 74.8 cm³/mol. The van der Waals surface area contributed by atoms with Crippen LogP contribution in [0.2, 0.25) is 0 Å². The minimum Gasteiger partial charge on any atom is -0.785 e. The second kappa shape index (κ2) is 5.03. The summed E-state index contributed by atoms with van der Waals surface area (Å²) in [6.45, 7) is 2.79. The lowest BCUT2D eigenvalue weighted by atomic mass is 10.1. The highest BCUT2D eigenvalue weighted by Gasteiger charge is 2.19. The Labute approximate surface area is 113 Å². The number of benzene rings is 2. The monoisotopic (exact) mass is 254 g/mol. The van der Waals surface area contributed by atoms with Gasteiger partial charge in [0.05, 0.1) is 0 Å². The molecule has 0 spiro atoms. The van der Waals surface area contributed by atoms with E-state index in [0.29, 0.717) is 13.1 Å². The highest BCUT2D eigenvalue weighted by atomic mass is 16.5. The maximum Gasteiger partial charge on any atom is 0.135 e. The fourth-order valence-electron chi connectivity index (χ4n) is 2.33. The smallest absolute Gasteiger partial charge is 0.135 e. The summed E-state index contributed by atoms with van der Waals surface area (Å²) in [7, 11) is 0. The van der Waals surface area contributed by atoms with Gasteiger partial charge in [-0.05, 0) is 18.6 Å². The molecule has 0 amide bonds. The molecule has 0 radical (unpaired) electrons. The van der Waals surface area contributed by atoms with Gasteiger partial charge in [-0.15, -0.1) is 0 Å². The molecule has 3 rings (SSSR count). The third-order valence-corrected chi connectivity index (χ3v) is 3.41. The SMILES string of the molecule is Cc1ccc(C2CN([O-])Cc3ccccc3O2)cc1. The number of nitrogens with zero attached hydrogens (tertiary/aromatic N) is 1. The molecule has 19 heavy (non-hydrogen) atoms. The van der Waals surface area contributed by atoms with E-state index in [2.05, 4.69) is 0 Å². The van der Waals surface area contributed by atoms with Crippen molar-refractivity contribution in [1.82, 2.24) is 5.06 Å². The number of aryl methyl sites for hydroxylation is 1. The van der Waals surface area contributed by atoms with Crippen molar-refractivity contribution in [2.24, 2.45) is 0 Å². The van der Waals surface area contributed by atoms with Crippen LogP contribution in [0, 0.1) is 12.1 Å². The van der Waals surface area contributed by atoms with E-state index in [-0.39, 0.29) is 6.10 Å². The molecule has 0 fully saturated rings. The molecule has 0 aromatic heterocycles. The Hall–Kier alpha value is -1.84. The first kappa shape index (κ1) is 12.2. The molecule has 1 aliphatic rings. The van der Waals surface area contributed by atoms with Crippen LogP contribution in [0.5, 0.6) is 5.75 Å². The molecule has 0 bridgehead atoms. The molecule has 0 aliphatic carbocycles. The molecule has 2 aromatic carbocycles. The summed E-state index contributed by atoms with van der Waals surface area (Å²) in [6.07, 6.45) is -0.207. The summed E-state index contributed by atoms with van der Waals surface area (Å²) in [5.41, 5.74) is 3.20. The van der Waals surface area contributed by atoms with E-state index in [9.17, 15) is 5.21 Å². The van der Waals surface area contributed by atoms with Crippen LogP contribution in [0.3, 0.4) is 0 Å². The summed E-state index contributed by atoms with van der Waals surface area (Å²) in [4.78, 5) is 0. The van der Waals surface area contributed by atoms with Crippen LogP contribution in [-0.2, 0) is 6.54 Å². The second-order valence-corrected chi connectivity index (χ2v) is 4.95. The van der Waals surface area contributed by atoms with Crippen molar-refractivity contribution in [2.75, 3.05) is 6.54 Å². The summed E-state index contributed by atoms with van der Waals surface area (Å²) in [5, 5.41) is 13.0. The molecule has 2 aromatic rings. The molecule has 0 saturated heterocycles. The Balaban J connectivity index is 1.93. The van der Waals surface area contributed by atoms with Crippen LogP contribution < -0.4 is 4.74 Å². The maximum absolute atomic E-state index is 11.9. The van der Waals surface area contributed by atoms with Gasteiger partial charge in [0.2, 0.25) is 0 Å². The first-order valence-corrected chi connectivity index (χ1v) is 6.45. The normalized spacial score (nSPS) is 19.4. The average molecular weight is 254 g/mol. The van der Waals surface area contributed by atoms with Crippen molar-refractivity contribution in [1.29, 1.82) is 0 Å². The van der Waals surface area contributed by atoms with Crippen molar-refractivity contribution in [3.8, 4) is 5.75 Å². The van der Waals surface area contributed by atoms with Crippen molar-refractivity contribution >= 4 is 0 Å². The molecular formula is C16H16NO2-. The van der Waals surface area contributed by atoms with Crippen LogP contribution in [0.4, 0.5) is 0 Å².